The fourth-order valence-electron chi connectivity index (χ4n) is 2.79. The Labute approximate surface area is 149 Å². The van der Waals surface area contributed by atoms with E-state index < -0.39 is 0 Å². The molecule has 0 fully saturated rings. The molecule has 1 atom stereocenters. The highest BCUT2D eigenvalue weighted by atomic mass is 16.5. The fraction of sp³-hybridized carbons (Fsp3) is 0.474. The number of hydrogen-bond donors (Lipinski definition) is 1. The van der Waals surface area contributed by atoms with Crippen LogP contribution in [0.25, 0.3) is 0 Å². The quantitative estimate of drug-likeness (QED) is 0.840. The van der Waals surface area contributed by atoms with E-state index in [1.165, 1.54) is 0 Å². The Balaban J connectivity index is 1.84. The molecule has 1 heterocycles. The van der Waals surface area contributed by atoms with Crippen molar-refractivity contribution in [2.75, 3.05) is 20.7 Å². The third kappa shape index (κ3) is 5.24. The first kappa shape index (κ1) is 18.8. The first-order chi connectivity index (χ1) is 11.9. The Morgan fingerprint density at radius 2 is 2.08 bits per heavy atom. The van der Waals surface area contributed by atoms with E-state index in [1.54, 1.807) is 19.1 Å². The van der Waals surface area contributed by atoms with Crippen molar-refractivity contribution in [3.8, 4) is 5.75 Å². The van der Waals surface area contributed by atoms with Crippen LogP contribution in [0.1, 0.15) is 23.9 Å². The predicted molar refractivity (Wildman–Crippen MR) is 99.0 cm³/mol. The number of hydrogen-bond acceptors (Lipinski definition) is 3. The van der Waals surface area contributed by atoms with Gasteiger partial charge in [0.05, 0.1) is 19.3 Å². The van der Waals surface area contributed by atoms with Crippen molar-refractivity contribution in [2.45, 2.75) is 39.8 Å². The molecule has 0 radical (unpaired) electrons. The minimum atomic E-state index is -0.0797. The van der Waals surface area contributed by atoms with Gasteiger partial charge in [-0.15, -0.1) is 0 Å². The van der Waals surface area contributed by atoms with Gasteiger partial charge in [-0.3, -0.25) is 4.68 Å². The van der Waals surface area contributed by atoms with Crippen LogP contribution in [0.15, 0.2) is 30.3 Å². The van der Waals surface area contributed by atoms with Crippen LogP contribution in [0.2, 0.25) is 0 Å². The van der Waals surface area contributed by atoms with Crippen LogP contribution in [-0.2, 0) is 13.0 Å². The lowest BCUT2D eigenvalue weighted by Gasteiger charge is -2.22. The molecule has 136 valence electrons. The van der Waals surface area contributed by atoms with Crippen LogP contribution >= 0.6 is 0 Å². The Morgan fingerprint density at radius 3 is 2.72 bits per heavy atom. The van der Waals surface area contributed by atoms with Gasteiger partial charge in [-0.05, 0) is 44.9 Å². The van der Waals surface area contributed by atoms with Crippen molar-refractivity contribution in [1.82, 2.24) is 20.0 Å². The van der Waals surface area contributed by atoms with Gasteiger partial charge < -0.3 is 15.0 Å². The highest BCUT2D eigenvalue weighted by Crippen LogP contribution is 2.17. The largest absolute Gasteiger partial charge is 0.496 e. The van der Waals surface area contributed by atoms with E-state index in [-0.39, 0.29) is 12.1 Å². The fourth-order valence-corrected chi connectivity index (χ4v) is 2.79. The molecule has 0 unspecified atom stereocenters. The van der Waals surface area contributed by atoms with Gasteiger partial charge in [-0.2, -0.15) is 5.10 Å². The van der Waals surface area contributed by atoms with Gasteiger partial charge >= 0.3 is 6.03 Å². The SMILES string of the molecule is COc1ccccc1CCN(C)C(=O)N[C@H](C)Cn1nc(C)cc1C. The number of amides is 2. The van der Waals surface area contributed by atoms with Gasteiger partial charge in [0.15, 0.2) is 0 Å². The molecule has 0 aliphatic heterocycles. The number of ether oxygens (including phenoxy) is 1. The summed E-state index contributed by atoms with van der Waals surface area (Å²) in [5.74, 6) is 0.856. The number of nitrogens with zero attached hydrogens (tertiary/aromatic N) is 3. The summed E-state index contributed by atoms with van der Waals surface area (Å²) in [6, 6.07) is 9.84. The minimum absolute atomic E-state index is 0.000730. The van der Waals surface area contributed by atoms with Crippen LogP contribution in [0.5, 0.6) is 5.75 Å². The summed E-state index contributed by atoms with van der Waals surface area (Å²) in [7, 11) is 3.47. The normalized spacial score (nSPS) is 11.9. The molecule has 25 heavy (non-hydrogen) atoms. The second-order valence-electron chi connectivity index (χ2n) is 6.44. The summed E-state index contributed by atoms with van der Waals surface area (Å²) in [4.78, 5) is 14.1. The molecule has 1 aromatic carbocycles. The molecule has 0 spiro atoms. The van der Waals surface area contributed by atoms with Gasteiger partial charge in [-0.25, -0.2) is 4.79 Å². The Kier molecular flexibility index (Phi) is 6.44. The molecule has 0 bridgehead atoms. The number of benzene rings is 1. The van der Waals surface area contributed by atoms with Crippen molar-refractivity contribution < 1.29 is 9.53 Å². The second kappa shape index (κ2) is 8.55. The number of methoxy groups -OCH3 is 1. The zero-order valence-corrected chi connectivity index (χ0v) is 15.7. The predicted octanol–water partition coefficient (Wildman–Crippen LogP) is 2.78. The zero-order chi connectivity index (χ0) is 18.4. The van der Waals surface area contributed by atoms with Gasteiger partial charge in [0.1, 0.15) is 5.75 Å². The molecule has 1 N–H and O–H groups in total. The highest BCUT2D eigenvalue weighted by Gasteiger charge is 2.14. The average Bonchev–Trinajstić information content (AvgIpc) is 2.89. The maximum atomic E-state index is 12.4. The van der Waals surface area contributed by atoms with E-state index in [1.807, 2.05) is 55.8 Å². The lowest BCUT2D eigenvalue weighted by atomic mass is 10.1. The molecule has 2 aromatic rings. The summed E-state index contributed by atoms with van der Waals surface area (Å²) >= 11 is 0. The minimum Gasteiger partial charge on any atom is -0.496 e. The summed E-state index contributed by atoms with van der Waals surface area (Å²) in [6.45, 7) is 7.26. The number of aromatic nitrogens is 2. The lowest BCUT2D eigenvalue weighted by Crippen LogP contribution is -2.44. The van der Waals surface area contributed by atoms with Crippen LogP contribution in [0, 0.1) is 13.8 Å². The number of carbonyl (C=O) groups is 1. The maximum Gasteiger partial charge on any atom is 0.317 e. The van der Waals surface area contributed by atoms with Crippen LogP contribution in [0.3, 0.4) is 0 Å². The summed E-state index contributed by atoms with van der Waals surface area (Å²) in [5, 5.41) is 7.46. The number of rotatable bonds is 7. The average molecular weight is 344 g/mol. The van der Waals surface area contributed by atoms with Crippen LogP contribution in [-0.4, -0.2) is 47.5 Å². The first-order valence-electron chi connectivity index (χ1n) is 8.55. The third-order valence-corrected chi connectivity index (χ3v) is 4.18. The molecular weight excluding hydrogens is 316 g/mol. The first-order valence-corrected chi connectivity index (χ1v) is 8.55. The Hall–Kier alpha value is -2.50. The standard InChI is InChI=1S/C19H28N4O2/c1-14-12-16(3)23(21-14)13-15(2)20-19(24)22(4)11-10-17-8-6-7-9-18(17)25-5/h6-9,12,15H,10-11,13H2,1-5H3,(H,20,24)/t15-/m1/s1. The Bertz CT molecular complexity index is 711. The van der Waals surface area contributed by atoms with Gasteiger partial charge in [0, 0.05) is 25.3 Å². The van der Waals surface area contributed by atoms with E-state index in [0.29, 0.717) is 13.1 Å². The molecule has 2 amide bonds. The number of carbonyl (C=O) groups excluding carboxylic acids is 1. The molecular formula is C19H28N4O2. The van der Waals surface area contributed by atoms with Crippen molar-refractivity contribution in [3.05, 3.63) is 47.3 Å². The van der Waals surface area contributed by atoms with Crippen molar-refractivity contribution in [2.24, 2.45) is 0 Å². The highest BCUT2D eigenvalue weighted by molar-refractivity contribution is 5.74. The number of urea groups is 1. The molecule has 6 nitrogen and oxygen atoms in total. The summed E-state index contributed by atoms with van der Waals surface area (Å²) in [5.41, 5.74) is 3.19. The molecule has 0 saturated carbocycles. The van der Waals surface area contributed by atoms with E-state index >= 15 is 0 Å². The molecule has 6 heteroatoms. The van der Waals surface area contributed by atoms with E-state index in [0.717, 1.165) is 29.1 Å². The van der Waals surface area contributed by atoms with Crippen molar-refractivity contribution >= 4 is 6.03 Å². The topological polar surface area (TPSA) is 59.4 Å². The van der Waals surface area contributed by atoms with E-state index in [2.05, 4.69) is 10.4 Å². The van der Waals surface area contributed by atoms with Crippen molar-refractivity contribution in [3.63, 3.8) is 0 Å². The molecule has 2 rings (SSSR count). The Morgan fingerprint density at radius 1 is 1.36 bits per heavy atom. The zero-order valence-electron chi connectivity index (χ0n) is 15.7. The number of aryl methyl sites for hydroxylation is 2. The molecule has 0 aliphatic rings. The second-order valence-corrected chi connectivity index (χ2v) is 6.44. The number of para-hydroxylation sites is 1. The lowest BCUT2D eigenvalue weighted by molar-refractivity contribution is 0.204. The van der Waals surface area contributed by atoms with Gasteiger partial charge in [-0.1, -0.05) is 18.2 Å². The van der Waals surface area contributed by atoms with Crippen LogP contribution < -0.4 is 10.1 Å². The summed E-state index contributed by atoms with van der Waals surface area (Å²) in [6.07, 6.45) is 0.750. The molecule has 1 aromatic heterocycles. The maximum absolute atomic E-state index is 12.4. The van der Waals surface area contributed by atoms with Crippen LogP contribution in [0.4, 0.5) is 4.79 Å². The third-order valence-electron chi connectivity index (χ3n) is 4.18. The monoisotopic (exact) mass is 344 g/mol. The van der Waals surface area contributed by atoms with E-state index in [9.17, 15) is 4.79 Å². The van der Waals surface area contributed by atoms with Gasteiger partial charge in [0.25, 0.3) is 0 Å². The smallest absolute Gasteiger partial charge is 0.317 e. The summed E-state index contributed by atoms with van der Waals surface area (Å²) < 4.78 is 7.28. The van der Waals surface area contributed by atoms with Crippen molar-refractivity contribution in [1.29, 1.82) is 0 Å². The number of likely N-dealkylation sites (N-methyl/N-ethyl adjacent to an activating group) is 1. The number of nitrogens with one attached hydrogen (secondary N) is 1. The molecule has 0 saturated heterocycles. The van der Waals surface area contributed by atoms with Gasteiger partial charge in [0.2, 0.25) is 0 Å². The van der Waals surface area contributed by atoms with E-state index in [4.69, 9.17) is 4.74 Å². The molecule has 0 aliphatic carbocycles.